The molecule has 1 heterocycles. The lowest BCUT2D eigenvalue weighted by molar-refractivity contribution is -0.162. The van der Waals surface area contributed by atoms with E-state index >= 15 is 0 Å². The molecule has 1 fully saturated rings. The molecule has 3 rings (SSSR count). The van der Waals surface area contributed by atoms with Crippen LogP contribution in [0.5, 0.6) is 0 Å². The van der Waals surface area contributed by atoms with E-state index in [1.165, 1.54) is 0 Å². The van der Waals surface area contributed by atoms with Crippen molar-refractivity contribution in [1.29, 1.82) is 0 Å². The minimum atomic E-state index is -3.45. The van der Waals surface area contributed by atoms with Gasteiger partial charge in [0.25, 0.3) is 0 Å². The van der Waals surface area contributed by atoms with E-state index in [0.717, 1.165) is 0 Å². The van der Waals surface area contributed by atoms with Gasteiger partial charge in [0.15, 0.2) is 0 Å². The Morgan fingerprint density at radius 1 is 1.45 bits per heavy atom. The van der Waals surface area contributed by atoms with Gasteiger partial charge in [0.2, 0.25) is 0 Å². The minimum Gasteiger partial charge on any atom is -0.462 e. The van der Waals surface area contributed by atoms with Gasteiger partial charge in [-0.2, -0.15) is 0 Å². The molecule has 0 bridgehead atoms. The molecule has 0 spiro atoms. The third kappa shape index (κ3) is 5.30. The summed E-state index contributed by atoms with van der Waals surface area (Å²) < 4.78 is 96.6. The fraction of sp³-hybridized carbons (Fsp3) is 0.750. The highest BCUT2D eigenvalue weighted by Crippen LogP contribution is 2.45. The van der Waals surface area contributed by atoms with Gasteiger partial charge in [0.1, 0.15) is 12.2 Å². The summed E-state index contributed by atoms with van der Waals surface area (Å²) in [6, 6.07) is 0. The molecule has 3 aliphatic rings. The molecule has 1 aliphatic heterocycles. The number of aliphatic hydroxyl groups is 1. The maximum Gasteiger partial charge on any atom is 0.308 e. The van der Waals surface area contributed by atoms with E-state index < -0.39 is 74.9 Å². The third-order valence-corrected chi connectivity index (χ3v) is 6.10. The molecule has 29 heavy (non-hydrogen) atoms. The number of fused-ring (bicyclic) bond motifs is 1. The Labute approximate surface area is 190 Å². The molecule has 2 aliphatic carbocycles. The Kier molecular flexibility index (Phi) is 3.81. The Bertz CT molecular complexity index is 1010. The highest BCUT2D eigenvalue weighted by molar-refractivity contribution is 5.72. The molecule has 8 atom stereocenters. The summed E-state index contributed by atoms with van der Waals surface area (Å²) >= 11 is 0. The van der Waals surface area contributed by atoms with Crippen LogP contribution in [0.15, 0.2) is 23.8 Å². The zero-order chi connectivity index (χ0) is 30.4. The van der Waals surface area contributed by atoms with Crippen LogP contribution in [0.25, 0.3) is 0 Å². The van der Waals surface area contributed by atoms with Crippen LogP contribution in [0.4, 0.5) is 0 Å². The first-order valence-corrected chi connectivity index (χ1v) is 10.1. The molecule has 1 N–H and O–H groups in total. The summed E-state index contributed by atoms with van der Waals surface area (Å²) in [6.07, 6.45) is 0.0148. The molecule has 5 heteroatoms. The molecule has 0 radical (unpaired) electrons. The Balaban J connectivity index is 1.95. The van der Waals surface area contributed by atoms with Crippen molar-refractivity contribution in [3.05, 3.63) is 23.8 Å². The monoisotopic (exact) mass is 415 g/mol. The van der Waals surface area contributed by atoms with Crippen LogP contribution >= 0.6 is 0 Å². The number of carbonyl (C=O) groups excluding carboxylic acids is 2. The van der Waals surface area contributed by atoms with E-state index in [0.29, 0.717) is 18.4 Å². The van der Waals surface area contributed by atoms with Crippen LogP contribution in [0.1, 0.15) is 81.0 Å². The van der Waals surface area contributed by atoms with Crippen LogP contribution in [0.3, 0.4) is 0 Å². The van der Waals surface area contributed by atoms with E-state index in [9.17, 15) is 14.7 Å². The van der Waals surface area contributed by atoms with Crippen molar-refractivity contribution in [2.24, 2.45) is 29.6 Å². The maximum atomic E-state index is 13.3. The number of allylic oxidation sites excluding steroid dienone is 3. The number of carbonyl (C=O) groups is 2. The third-order valence-electron chi connectivity index (χ3n) is 6.10. The molecular weight excluding hydrogens is 368 g/mol. The van der Waals surface area contributed by atoms with E-state index in [1.54, 1.807) is 12.2 Å². The average molecular weight is 416 g/mol. The fourth-order valence-corrected chi connectivity index (χ4v) is 4.70. The largest absolute Gasteiger partial charge is 0.462 e. The number of aliphatic hydroxyl groups excluding tert-OH is 1. The quantitative estimate of drug-likeness (QED) is 0.658. The summed E-state index contributed by atoms with van der Waals surface area (Å²) in [4.78, 5) is 25.1. The van der Waals surface area contributed by atoms with E-state index in [2.05, 4.69) is 0 Å². The number of esters is 2. The number of hydrogen-bond acceptors (Lipinski definition) is 5. The lowest BCUT2D eigenvalue weighted by Crippen LogP contribution is -2.42. The average Bonchev–Trinajstić information content (AvgIpc) is 2.75. The first-order valence-electron chi connectivity index (χ1n) is 15.6. The van der Waals surface area contributed by atoms with Crippen molar-refractivity contribution in [2.45, 2.75) is 84.3 Å². The fourth-order valence-electron chi connectivity index (χ4n) is 4.70. The van der Waals surface area contributed by atoms with Gasteiger partial charge in [0, 0.05) is 27.4 Å². The van der Waals surface area contributed by atoms with Gasteiger partial charge in [-0.05, 0) is 49.0 Å². The summed E-state index contributed by atoms with van der Waals surface area (Å²) in [7, 11) is 0. The standard InChI is InChI=1S/C24H36O5/c1-5-15(3)24(27)29-21-11-14(2)10-17-7-6-16(4)20(23(17)21)9-8-19-12-18(25)13-22(26)28-19/h6-7,10,14-16,18-21,23,25H,5,8-9,11-13H2,1-4H3/t14-,15-,16-,18+,19?,20-,21-,23-/m0/s1/i1D3,2D3,3D3,5D2. The summed E-state index contributed by atoms with van der Waals surface area (Å²) in [5.74, 6) is -6.73. The molecule has 1 unspecified atom stereocenters. The second-order valence-corrected chi connectivity index (χ2v) is 8.25. The van der Waals surface area contributed by atoms with E-state index in [1.807, 2.05) is 13.0 Å². The van der Waals surface area contributed by atoms with Crippen molar-refractivity contribution < 1.29 is 39.2 Å². The Hall–Kier alpha value is -1.62. The first kappa shape index (κ1) is 11.7. The van der Waals surface area contributed by atoms with Crippen LogP contribution in [-0.4, -0.2) is 35.4 Å². The molecule has 162 valence electrons. The summed E-state index contributed by atoms with van der Waals surface area (Å²) in [5.41, 5.74) is 0.568. The number of hydrogen-bond donors (Lipinski definition) is 1. The molecule has 0 aromatic carbocycles. The Morgan fingerprint density at radius 3 is 3.03 bits per heavy atom. The molecule has 0 aromatic heterocycles. The lowest BCUT2D eigenvalue weighted by atomic mass is 9.65. The van der Waals surface area contributed by atoms with Gasteiger partial charge in [-0.3, -0.25) is 9.59 Å². The number of cyclic esters (lactones) is 1. The minimum absolute atomic E-state index is 0.0858. The molecule has 0 aromatic rings. The summed E-state index contributed by atoms with van der Waals surface area (Å²) in [6.45, 7) is -7.36. The molecular formula is C24H36O5. The zero-order valence-corrected chi connectivity index (χ0v) is 16.5. The van der Waals surface area contributed by atoms with Crippen molar-refractivity contribution in [3.63, 3.8) is 0 Å². The van der Waals surface area contributed by atoms with Crippen molar-refractivity contribution in [1.82, 2.24) is 0 Å². The zero-order valence-electron chi connectivity index (χ0n) is 27.5. The normalized spacial score (nSPS) is 45.3. The van der Waals surface area contributed by atoms with Crippen LogP contribution in [0, 0.1) is 29.6 Å². The van der Waals surface area contributed by atoms with Gasteiger partial charge >= 0.3 is 11.9 Å². The highest BCUT2D eigenvalue weighted by atomic mass is 16.5. The van der Waals surface area contributed by atoms with Crippen LogP contribution in [0.2, 0.25) is 0 Å². The predicted octanol–water partition coefficient (Wildman–Crippen LogP) is 4.20. The van der Waals surface area contributed by atoms with E-state index in [-0.39, 0.29) is 31.1 Å². The van der Waals surface area contributed by atoms with Gasteiger partial charge in [-0.15, -0.1) is 0 Å². The van der Waals surface area contributed by atoms with Crippen molar-refractivity contribution in [3.8, 4) is 0 Å². The number of ether oxygens (including phenoxy) is 2. The lowest BCUT2D eigenvalue weighted by Gasteiger charge is -2.43. The Morgan fingerprint density at radius 2 is 2.31 bits per heavy atom. The highest BCUT2D eigenvalue weighted by Gasteiger charge is 2.42. The first-order chi connectivity index (χ1) is 18.1. The van der Waals surface area contributed by atoms with Crippen molar-refractivity contribution >= 4 is 11.9 Å². The smallest absolute Gasteiger partial charge is 0.308 e. The molecule has 1 saturated heterocycles. The summed E-state index contributed by atoms with van der Waals surface area (Å²) in [5, 5.41) is 9.96. The van der Waals surface area contributed by atoms with Crippen LogP contribution < -0.4 is 0 Å². The van der Waals surface area contributed by atoms with Gasteiger partial charge in [-0.25, -0.2) is 0 Å². The topological polar surface area (TPSA) is 72.8 Å². The SMILES string of the molecule is [2H]C([2H])([2H])[C@H]1C=C2C=C[C@H](C)[C@H](CCC3C[C@@H](O)CC(=O)O3)[C@H]2[C@@H](OC(=O)[C@@H](C([2H])([2H])[2H])C([2H])([2H])C([2H])([2H])[2H])C1. The van der Waals surface area contributed by atoms with Crippen molar-refractivity contribution in [2.75, 3.05) is 0 Å². The second kappa shape index (κ2) is 9.46. The molecule has 5 nitrogen and oxygen atoms in total. The number of rotatable bonds is 6. The van der Waals surface area contributed by atoms with Gasteiger partial charge in [0.05, 0.1) is 18.4 Å². The van der Waals surface area contributed by atoms with Gasteiger partial charge in [-0.1, -0.05) is 45.7 Å². The maximum absolute atomic E-state index is 13.3. The van der Waals surface area contributed by atoms with E-state index in [4.69, 9.17) is 24.6 Å². The molecule has 0 saturated carbocycles. The van der Waals surface area contributed by atoms with Crippen LogP contribution in [-0.2, 0) is 19.1 Å². The predicted molar refractivity (Wildman–Crippen MR) is 111 cm³/mol. The molecule has 0 amide bonds. The second-order valence-electron chi connectivity index (χ2n) is 8.25. The van der Waals surface area contributed by atoms with Gasteiger partial charge < -0.3 is 14.6 Å².